The fourth-order valence-electron chi connectivity index (χ4n) is 4.80. The highest BCUT2D eigenvalue weighted by Crippen LogP contribution is 2.48. The Bertz CT molecular complexity index is 1240. The van der Waals surface area contributed by atoms with Crippen molar-refractivity contribution in [3.05, 3.63) is 65.3 Å². The van der Waals surface area contributed by atoms with E-state index >= 15 is 0 Å². The molecule has 3 aromatic rings. The minimum absolute atomic E-state index is 0.0619. The van der Waals surface area contributed by atoms with Crippen LogP contribution < -0.4 is 11.1 Å². The van der Waals surface area contributed by atoms with E-state index in [0.29, 0.717) is 41.4 Å². The summed E-state index contributed by atoms with van der Waals surface area (Å²) in [5.41, 5.74) is 7.60. The first-order chi connectivity index (χ1) is 15.4. The van der Waals surface area contributed by atoms with E-state index in [9.17, 15) is 14.4 Å². The molecule has 1 aliphatic carbocycles. The molecule has 3 amide bonds. The average molecular weight is 451 g/mol. The van der Waals surface area contributed by atoms with Crippen LogP contribution in [0.5, 0.6) is 0 Å². The van der Waals surface area contributed by atoms with Gasteiger partial charge in [0.25, 0.3) is 0 Å². The number of aryl methyl sites for hydroxylation is 1. The lowest BCUT2D eigenvalue weighted by Crippen LogP contribution is -2.45. The molecule has 3 atom stereocenters. The second kappa shape index (κ2) is 7.98. The van der Waals surface area contributed by atoms with E-state index in [1.807, 2.05) is 30.3 Å². The highest BCUT2D eigenvalue weighted by atomic mass is 35.5. The number of likely N-dealkylation sites (tertiary alicyclic amines) is 1. The first-order valence-corrected chi connectivity index (χ1v) is 11.1. The molecule has 8 heteroatoms. The number of nitrogens with two attached hydrogens (primary N) is 1. The van der Waals surface area contributed by atoms with Crippen molar-refractivity contribution in [3.8, 4) is 0 Å². The van der Waals surface area contributed by atoms with Crippen molar-refractivity contribution >= 4 is 46.0 Å². The average Bonchev–Trinajstić information content (AvgIpc) is 3.28. The largest absolute Gasteiger partial charge is 0.351 e. The summed E-state index contributed by atoms with van der Waals surface area (Å²) in [4.78, 5) is 39.7. The van der Waals surface area contributed by atoms with Gasteiger partial charge >= 0.3 is 12.1 Å². The molecule has 1 saturated carbocycles. The van der Waals surface area contributed by atoms with E-state index in [1.54, 1.807) is 23.1 Å². The quantitative estimate of drug-likeness (QED) is 0.602. The monoisotopic (exact) mass is 450 g/mol. The molecular weight excluding hydrogens is 428 g/mol. The molecule has 7 nitrogen and oxygen atoms in total. The molecule has 2 unspecified atom stereocenters. The van der Waals surface area contributed by atoms with Crippen LogP contribution in [0.3, 0.4) is 0 Å². The first kappa shape index (κ1) is 20.6. The van der Waals surface area contributed by atoms with Crippen LogP contribution in [0.1, 0.15) is 24.8 Å². The van der Waals surface area contributed by atoms with Crippen molar-refractivity contribution in [1.29, 1.82) is 0 Å². The molecule has 1 saturated heterocycles. The van der Waals surface area contributed by atoms with Crippen LogP contribution in [-0.4, -0.2) is 39.4 Å². The van der Waals surface area contributed by atoms with Crippen molar-refractivity contribution in [3.63, 3.8) is 0 Å². The van der Waals surface area contributed by atoms with E-state index in [4.69, 9.17) is 17.3 Å². The van der Waals surface area contributed by atoms with Gasteiger partial charge in [-0.3, -0.25) is 9.36 Å². The molecule has 5 rings (SSSR count). The second-order valence-corrected chi connectivity index (χ2v) is 8.95. The summed E-state index contributed by atoms with van der Waals surface area (Å²) in [5.74, 6) is 0.444. The van der Waals surface area contributed by atoms with Gasteiger partial charge in [0, 0.05) is 29.1 Å². The van der Waals surface area contributed by atoms with Crippen molar-refractivity contribution in [2.75, 3.05) is 5.32 Å². The number of benzene rings is 2. The number of carbonyl (C=O) groups is 3. The Hall–Kier alpha value is -3.32. The highest BCUT2D eigenvalue weighted by Gasteiger charge is 2.55. The van der Waals surface area contributed by atoms with E-state index in [2.05, 4.69) is 5.32 Å². The molecule has 164 valence electrons. The summed E-state index contributed by atoms with van der Waals surface area (Å²) in [5, 5.41) is 4.28. The van der Waals surface area contributed by atoms with Gasteiger partial charge in [0.05, 0.1) is 17.2 Å². The fourth-order valence-corrected chi connectivity index (χ4v) is 5.02. The van der Waals surface area contributed by atoms with Crippen LogP contribution in [0, 0.1) is 5.92 Å². The van der Waals surface area contributed by atoms with Crippen molar-refractivity contribution in [2.24, 2.45) is 11.7 Å². The topological polar surface area (TPSA) is 97.4 Å². The third kappa shape index (κ3) is 3.73. The number of nitrogens with zero attached hydrogens (tertiary/aromatic N) is 2. The Morgan fingerprint density at radius 2 is 1.91 bits per heavy atom. The van der Waals surface area contributed by atoms with Gasteiger partial charge in [0.1, 0.15) is 0 Å². The number of halogens is 1. The van der Waals surface area contributed by atoms with Crippen LogP contribution in [0.15, 0.2) is 54.7 Å². The van der Waals surface area contributed by atoms with Gasteiger partial charge in [0.2, 0.25) is 0 Å². The number of piperidine rings is 1. The van der Waals surface area contributed by atoms with Gasteiger partial charge in [-0.15, -0.1) is 0 Å². The van der Waals surface area contributed by atoms with Crippen LogP contribution in [-0.2, 0) is 11.2 Å². The number of hydrogen-bond donors (Lipinski definition) is 2. The highest BCUT2D eigenvalue weighted by molar-refractivity contribution is 6.30. The van der Waals surface area contributed by atoms with E-state index < -0.39 is 12.1 Å². The van der Waals surface area contributed by atoms with Gasteiger partial charge in [-0.05, 0) is 48.9 Å². The summed E-state index contributed by atoms with van der Waals surface area (Å²) >= 11 is 6.04. The number of nitrogens with one attached hydrogen (secondary N) is 1. The standard InChI is InChI=1S/C24H23ClN4O3/c25-16-5-3-4-14(10-16)8-9-22(30)21-12-15-11-20(15)29(21)24(32)27-18-13-28(23(26)31)19-7-2-1-6-17(18)19/h1-7,10,13,15,20-21H,8-9,11-12H2,(H2,26,31)(H,27,32)/t15?,20?,21-/m0/s1. The number of ketones is 1. The minimum Gasteiger partial charge on any atom is -0.351 e. The summed E-state index contributed by atoms with van der Waals surface area (Å²) in [7, 11) is 0. The summed E-state index contributed by atoms with van der Waals surface area (Å²) in [6.45, 7) is 0. The van der Waals surface area contributed by atoms with Gasteiger partial charge in [-0.25, -0.2) is 9.59 Å². The molecule has 0 bridgehead atoms. The zero-order valence-corrected chi connectivity index (χ0v) is 18.1. The lowest BCUT2D eigenvalue weighted by molar-refractivity contribution is -0.122. The SMILES string of the molecule is NC(=O)n1cc(NC(=O)N2C3CC3C[C@H]2C(=O)CCc2cccc(Cl)c2)c2ccccc21. The number of fused-ring (bicyclic) bond motifs is 2. The van der Waals surface area contributed by atoms with Crippen LogP contribution in [0.2, 0.25) is 5.02 Å². The predicted octanol–water partition coefficient (Wildman–Crippen LogP) is 4.42. The molecule has 32 heavy (non-hydrogen) atoms. The second-order valence-electron chi connectivity index (χ2n) is 8.52. The zero-order valence-electron chi connectivity index (χ0n) is 17.3. The van der Waals surface area contributed by atoms with Gasteiger partial charge in [-0.1, -0.05) is 41.9 Å². The number of aromatic nitrogens is 1. The van der Waals surface area contributed by atoms with Crippen molar-refractivity contribution in [2.45, 2.75) is 37.8 Å². The van der Waals surface area contributed by atoms with Crippen LogP contribution >= 0.6 is 11.6 Å². The van der Waals surface area contributed by atoms with Gasteiger partial charge in [0.15, 0.2) is 5.78 Å². The number of primary amides is 1. The maximum atomic E-state index is 13.2. The normalized spacial score (nSPS) is 21.4. The van der Waals surface area contributed by atoms with Gasteiger partial charge in [-0.2, -0.15) is 0 Å². The number of carbonyl (C=O) groups excluding carboxylic acids is 3. The fraction of sp³-hybridized carbons (Fsp3) is 0.292. The van der Waals surface area contributed by atoms with Gasteiger partial charge < -0.3 is 16.0 Å². The van der Waals surface area contributed by atoms with Crippen molar-refractivity contribution in [1.82, 2.24) is 9.47 Å². The Morgan fingerprint density at radius 1 is 1.09 bits per heavy atom. The molecule has 2 aliphatic rings. The van der Waals surface area contributed by atoms with E-state index in [0.717, 1.165) is 17.4 Å². The zero-order chi connectivity index (χ0) is 22.4. The molecule has 2 aromatic carbocycles. The molecular formula is C24H23ClN4O3. The third-order valence-electron chi connectivity index (χ3n) is 6.45. The molecule has 2 heterocycles. The molecule has 0 spiro atoms. The smallest absolute Gasteiger partial charge is 0.323 e. The molecule has 1 aliphatic heterocycles. The molecule has 1 aromatic heterocycles. The van der Waals surface area contributed by atoms with Crippen molar-refractivity contribution < 1.29 is 14.4 Å². The van der Waals surface area contributed by atoms with Crippen LogP contribution in [0.4, 0.5) is 15.3 Å². The number of Topliss-reactive ketones (excluding diaryl/α,β-unsaturated/α-hetero) is 1. The number of anilines is 1. The predicted molar refractivity (Wildman–Crippen MR) is 123 cm³/mol. The number of hydrogen-bond acceptors (Lipinski definition) is 3. The van der Waals surface area contributed by atoms with Crippen LogP contribution in [0.25, 0.3) is 10.9 Å². The summed E-state index contributed by atoms with van der Waals surface area (Å²) in [6.07, 6.45) is 4.10. The summed E-state index contributed by atoms with van der Waals surface area (Å²) in [6, 6.07) is 13.4. The molecule has 3 N–H and O–H groups in total. The third-order valence-corrected chi connectivity index (χ3v) is 6.69. The maximum absolute atomic E-state index is 13.2. The maximum Gasteiger partial charge on any atom is 0.323 e. The Morgan fingerprint density at radius 3 is 2.69 bits per heavy atom. The Labute approximate surface area is 190 Å². The Kier molecular flexibility index (Phi) is 5.13. The van der Waals surface area contributed by atoms with E-state index in [-0.39, 0.29) is 17.9 Å². The number of urea groups is 1. The number of para-hydroxylation sites is 1. The number of rotatable bonds is 5. The molecule has 0 radical (unpaired) electrons. The first-order valence-electron chi connectivity index (χ1n) is 10.7. The number of amides is 3. The Balaban J connectivity index is 1.32. The molecule has 2 fully saturated rings. The lowest BCUT2D eigenvalue weighted by Gasteiger charge is -2.27. The van der Waals surface area contributed by atoms with E-state index in [1.165, 1.54) is 10.8 Å². The lowest BCUT2D eigenvalue weighted by atomic mass is 10.0. The minimum atomic E-state index is -0.626. The summed E-state index contributed by atoms with van der Waals surface area (Å²) < 4.78 is 1.31.